The van der Waals surface area contributed by atoms with Crippen LogP contribution in [-0.2, 0) is 10.0 Å². The largest absolute Gasteiger partial charge is 0.489 e. The SMILES string of the molecule is CCNC(=NCC(C)Oc1cccc(C)c1)NCCCNS(=O)(=O)CC. The van der Waals surface area contributed by atoms with Gasteiger partial charge in [0.1, 0.15) is 11.9 Å². The summed E-state index contributed by atoms with van der Waals surface area (Å²) in [6.45, 7) is 9.95. The fraction of sp³-hybridized carbons (Fsp3) is 0.611. The lowest BCUT2D eigenvalue weighted by Gasteiger charge is -2.15. The topological polar surface area (TPSA) is 91.8 Å². The molecule has 0 bridgehead atoms. The summed E-state index contributed by atoms with van der Waals surface area (Å²) >= 11 is 0. The number of nitrogens with one attached hydrogen (secondary N) is 3. The van der Waals surface area contributed by atoms with Gasteiger partial charge in [-0.05, 0) is 51.8 Å². The maximum Gasteiger partial charge on any atom is 0.211 e. The molecule has 7 nitrogen and oxygen atoms in total. The molecule has 1 rings (SSSR count). The first-order valence-electron chi connectivity index (χ1n) is 9.09. The average molecular weight is 385 g/mol. The molecule has 8 heteroatoms. The molecular formula is C18H32N4O3S. The summed E-state index contributed by atoms with van der Waals surface area (Å²) in [5.74, 6) is 1.64. The average Bonchev–Trinajstić information content (AvgIpc) is 2.59. The van der Waals surface area contributed by atoms with E-state index < -0.39 is 10.0 Å². The Morgan fingerprint density at radius 3 is 2.65 bits per heavy atom. The van der Waals surface area contributed by atoms with Gasteiger partial charge >= 0.3 is 0 Å². The molecule has 1 atom stereocenters. The number of rotatable bonds is 11. The third kappa shape index (κ3) is 9.62. The van der Waals surface area contributed by atoms with Crippen LogP contribution in [0.5, 0.6) is 5.75 Å². The minimum atomic E-state index is -3.12. The monoisotopic (exact) mass is 384 g/mol. The number of aryl methyl sites for hydroxylation is 1. The Kier molecular flexibility index (Phi) is 10.0. The van der Waals surface area contributed by atoms with Gasteiger partial charge in [0.2, 0.25) is 10.0 Å². The molecule has 0 aromatic heterocycles. The lowest BCUT2D eigenvalue weighted by molar-refractivity contribution is 0.230. The van der Waals surface area contributed by atoms with Gasteiger partial charge in [-0.1, -0.05) is 12.1 Å². The van der Waals surface area contributed by atoms with Gasteiger partial charge in [0.25, 0.3) is 0 Å². The van der Waals surface area contributed by atoms with E-state index in [4.69, 9.17) is 4.74 Å². The van der Waals surface area contributed by atoms with Gasteiger partial charge < -0.3 is 15.4 Å². The number of ether oxygens (including phenoxy) is 1. The molecule has 1 unspecified atom stereocenters. The van der Waals surface area contributed by atoms with Gasteiger partial charge in [0, 0.05) is 19.6 Å². The highest BCUT2D eigenvalue weighted by Crippen LogP contribution is 2.14. The summed E-state index contributed by atoms with van der Waals surface area (Å²) in [5, 5.41) is 6.38. The van der Waals surface area contributed by atoms with E-state index in [0.717, 1.165) is 17.9 Å². The van der Waals surface area contributed by atoms with Gasteiger partial charge in [-0.15, -0.1) is 0 Å². The summed E-state index contributed by atoms with van der Waals surface area (Å²) in [7, 11) is -3.12. The van der Waals surface area contributed by atoms with Gasteiger partial charge in [0.05, 0.1) is 12.3 Å². The molecule has 0 radical (unpaired) electrons. The summed E-state index contributed by atoms with van der Waals surface area (Å²) in [6, 6.07) is 7.94. The van der Waals surface area contributed by atoms with E-state index in [-0.39, 0.29) is 11.9 Å². The van der Waals surface area contributed by atoms with Gasteiger partial charge in [-0.25, -0.2) is 18.1 Å². The van der Waals surface area contributed by atoms with E-state index in [1.807, 2.05) is 45.0 Å². The van der Waals surface area contributed by atoms with E-state index in [9.17, 15) is 8.42 Å². The lowest BCUT2D eigenvalue weighted by atomic mass is 10.2. The van der Waals surface area contributed by atoms with E-state index in [0.29, 0.717) is 32.0 Å². The zero-order valence-electron chi connectivity index (χ0n) is 16.2. The van der Waals surface area contributed by atoms with Crippen molar-refractivity contribution in [3.8, 4) is 5.75 Å². The van der Waals surface area contributed by atoms with Crippen LogP contribution < -0.4 is 20.1 Å². The number of nitrogens with zero attached hydrogens (tertiary/aromatic N) is 1. The van der Waals surface area contributed by atoms with Crippen molar-refractivity contribution in [2.45, 2.75) is 40.2 Å². The molecule has 0 spiro atoms. The fourth-order valence-electron chi connectivity index (χ4n) is 2.14. The Labute approximate surface area is 157 Å². The third-order valence-electron chi connectivity index (χ3n) is 3.53. The van der Waals surface area contributed by atoms with Crippen LogP contribution in [0.4, 0.5) is 0 Å². The molecule has 0 saturated carbocycles. The van der Waals surface area contributed by atoms with Crippen molar-refractivity contribution in [1.29, 1.82) is 0 Å². The molecule has 0 fully saturated rings. The van der Waals surface area contributed by atoms with Crippen LogP contribution in [0.15, 0.2) is 29.3 Å². The second-order valence-electron chi connectivity index (χ2n) is 6.04. The lowest BCUT2D eigenvalue weighted by Crippen LogP contribution is -2.39. The minimum absolute atomic E-state index is 0.0522. The highest BCUT2D eigenvalue weighted by atomic mass is 32.2. The maximum absolute atomic E-state index is 11.4. The summed E-state index contributed by atoms with van der Waals surface area (Å²) < 4.78 is 31.2. The van der Waals surface area contributed by atoms with E-state index in [1.54, 1.807) is 6.92 Å². The van der Waals surface area contributed by atoms with Crippen LogP contribution in [0.2, 0.25) is 0 Å². The molecule has 0 aliphatic carbocycles. The standard InChI is InChI=1S/C18H32N4O3S/c1-5-19-18(20-11-8-12-22-26(23,24)6-2)21-14-16(4)25-17-10-7-9-15(3)13-17/h7,9-10,13,16,22H,5-6,8,11-12,14H2,1-4H3,(H2,19,20,21). The summed E-state index contributed by atoms with van der Waals surface area (Å²) in [4.78, 5) is 4.53. The van der Waals surface area contributed by atoms with Crippen LogP contribution in [-0.4, -0.2) is 52.4 Å². The van der Waals surface area contributed by atoms with Crippen molar-refractivity contribution >= 4 is 16.0 Å². The Hall–Kier alpha value is -1.80. The molecular weight excluding hydrogens is 352 g/mol. The molecule has 26 heavy (non-hydrogen) atoms. The van der Waals surface area contributed by atoms with Crippen molar-refractivity contribution in [2.24, 2.45) is 4.99 Å². The molecule has 148 valence electrons. The first-order chi connectivity index (χ1) is 12.4. The normalized spacial score (nSPS) is 13.3. The summed E-state index contributed by atoms with van der Waals surface area (Å²) in [6.07, 6.45) is 0.627. The fourth-order valence-corrected chi connectivity index (χ4v) is 2.80. The Balaban J connectivity index is 2.39. The minimum Gasteiger partial charge on any atom is -0.489 e. The van der Waals surface area contributed by atoms with Crippen molar-refractivity contribution < 1.29 is 13.2 Å². The maximum atomic E-state index is 11.4. The molecule has 1 aromatic rings. The second-order valence-corrected chi connectivity index (χ2v) is 8.14. The van der Waals surface area contributed by atoms with E-state index in [2.05, 4.69) is 20.3 Å². The second kappa shape index (κ2) is 11.7. The van der Waals surface area contributed by atoms with Crippen molar-refractivity contribution in [3.05, 3.63) is 29.8 Å². The predicted molar refractivity (Wildman–Crippen MR) is 107 cm³/mol. The zero-order chi connectivity index (χ0) is 19.4. The first-order valence-corrected chi connectivity index (χ1v) is 10.7. The van der Waals surface area contributed by atoms with Gasteiger partial charge in [-0.3, -0.25) is 0 Å². The molecule has 0 saturated heterocycles. The Bertz CT molecular complexity index is 662. The van der Waals surface area contributed by atoms with Crippen LogP contribution >= 0.6 is 0 Å². The predicted octanol–water partition coefficient (Wildman–Crippen LogP) is 1.65. The van der Waals surface area contributed by atoms with Crippen LogP contribution in [0.1, 0.15) is 32.8 Å². The van der Waals surface area contributed by atoms with Crippen molar-refractivity contribution in [1.82, 2.24) is 15.4 Å². The Morgan fingerprint density at radius 2 is 2.00 bits per heavy atom. The van der Waals surface area contributed by atoms with E-state index in [1.165, 1.54) is 0 Å². The smallest absolute Gasteiger partial charge is 0.211 e. The number of benzene rings is 1. The Morgan fingerprint density at radius 1 is 1.23 bits per heavy atom. The molecule has 0 amide bonds. The van der Waals surface area contributed by atoms with Crippen LogP contribution in [0, 0.1) is 6.92 Å². The highest BCUT2D eigenvalue weighted by Gasteiger charge is 2.06. The number of sulfonamides is 1. The number of hydrogen-bond donors (Lipinski definition) is 3. The first kappa shape index (κ1) is 22.2. The van der Waals surface area contributed by atoms with E-state index >= 15 is 0 Å². The van der Waals surface area contributed by atoms with Crippen LogP contribution in [0.25, 0.3) is 0 Å². The summed E-state index contributed by atoms with van der Waals surface area (Å²) in [5.41, 5.74) is 1.16. The third-order valence-corrected chi connectivity index (χ3v) is 4.93. The molecule has 1 aromatic carbocycles. The van der Waals surface area contributed by atoms with Gasteiger partial charge in [-0.2, -0.15) is 0 Å². The highest BCUT2D eigenvalue weighted by molar-refractivity contribution is 7.89. The number of hydrogen-bond acceptors (Lipinski definition) is 4. The molecule has 0 heterocycles. The molecule has 0 aliphatic heterocycles. The number of aliphatic imine (C=N–C) groups is 1. The number of guanidine groups is 1. The molecule has 0 aliphatic rings. The van der Waals surface area contributed by atoms with Crippen LogP contribution in [0.3, 0.4) is 0 Å². The van der Waals surface area contributed by atoms with Gasteiger partial charge in [0.15, 0.2) is 5.96 Å². The van der Waals surface area contributed by atoms with Crippen molar-refractivity contribution in [2.75, 3.05) is 31.9 Å². The molecule has 3 N–H and O–H groups in total. The quantitative estimate of drug-likeness (QED) is 0.306. The zero-order valence-corrected chi connectivity index (χ0v) is 17.0. The van der Waals surface area contributed by atoms with Crippen molar-refractivity contribution in [3.63, 3.8) is 0 Å².